The highest BCUT2D eigenvalue weighted by Crippen LogP contribution is 2.42. The fourth-order valence-corrected chi connectivity index (χ4v) is 2.66. The Bertz CT molecular complexity index is 783. The van der Waals surface area contributed by atoms with Gasteiger partial charge in [-0.25, -0.2) is 4.79 Å². The molecule has 6 nitrogen and oxygen atoms in total. The molecule has 146 valence electrons. The van der Waals surface area contributed by atoms with Crippen LogP contribution in [0.2, 0.25) is 0 Å². The van der Waals surface area contributed by atoms with E-state index in [1.54, 1.807) is 0 Å². The summed E-state index contributed by atoms with van der Waals surface area (Å²) in [5.74, 6) is -1.83. The van der Waals surface area contributed by atoms with Crippen LogP contribution in [0.4, 0.5) is 22.0 Å². The monoisotopic (exact) mass is 404 g/mol. The molecule has 1 aromatic carbocycles. The van der Waals surface area contributed by atoms with E-state index in [2.05, 4.69) is 4.74 Å². The number of epoxide rings is 1. The molecule has 1 N–H and O–H groups in total. The summed E-state index contributed by atoms with van der Waals surface area (Å²) in [4.78, 5) is 11.8. The van der Waals surface area contributed by atoms with E-state index in [1.807, 2.05) is 6.92 Å². The first kappa shape index (κ1) is 20.5. The first-order chi connectivity index (χ1) is 11.7. The molecule has 1 aliphatic rings. The minimum absolute atomic E-state index is 0.421. The molecule has 12 heteroatoms. The van der Waals surface area contributed by atoms with Gasteiger partial charge in [0.2, 0.25) is 0 Å². The summed E-state index contributed by atoms with van der Waals surface area (Å²) in [5.41, 5.74) is -0.428. The SMILES string of the molecule is CCC1(c2ccc(C(=O)OC(C(F)(F)F)C(F)(F)S(=O)(=O)O)cc2)CO1. The average molecular weight is 404 g/mol. The Morgan fingerprint density at radius 2 is 1.77 bits per heavy atom. The Kier molecular flexibility index (Phi) is 5.07. The Hall–Kier alpha value is -1.79. The van der Waals surface area contributed by atoms with Crippen LogP contribution in [0.1, 0.15) is 29.3 Å². The van der Waals surface area contributed by atoms with Crippen molar-refractivity contribution in [3.8, 4) is 0 Å². The number of carbonyl (C=O) groups excluding carboxylic acids is 1. The van der Waals surface area contributed by atoms with Crippen LogP contribution in [0.5, 0.6) is 0 Å². The summed E-state index contributed by atoms with van der Waals surface area (Å²) in [6.07, 6.45) is -9.71. The smallest absolute Gasteiger partial charge is 0.432 e. The van der Waals surface area contributed by atoms with Crippen molar-refractivity contribution in [2.75, 3.05) is 6.61 Å². The molecular weight excluding hydrogens is 391 g/mol. The topological polar surface area (TPSA) is 93.2 Å². The van der Waals surface area contributed by atoms with Crippen molar-refractivity contribution < 1.29 is 49.2 Å². The molecule has 2 atom stereocenters. The van der Waals surface area contributed by atoms with E-state index in [-0.39, 0.29) is 0 Å². The van der Waals surface area contributed by atoms with Crippen LogP contribution in [0.25, 0.3) is 0 Å². The van der Waals surface area contributed by atoms with Gasteiger partial charge in [0.1, 0.15) is 5.60 Å². The van der Waals surface area contributed by atoms with Crippen LogP contribution in [-0.4, -0.2) is 43.1 Å². The largest absolute Gasteiger partial charge is 0.441 e. The molecule has 2 rings (SSSR count). The van der Waals surface area contributed by atoms with E-state index in [4.69, 9.17) is 9.29 Å². The summed E-state index contributed by atoms with van der Waals surface area (Å²) in [6.45, 7) is 2.25. The van der Waals surface area contributed by atoms with Gasteiger partial charge in [-0.15, -0.1) is 0 Å². The molecule has 1 saturated heterocycles. The van der Waals surface area contributed by atoms with E-state index in [9.17, 15) is 35.2 Å². The molecule has 2 unspecified atom stereocenters. The Labute approximate surface area is 144 Å². The molecule has 1 heterocycles. The van der Waals surface area contributed by atoms with Gasteiger partial charge in [0.05, 0.1) is 12.2 Å². The van der Waals surface area contributed by atoms with E-state index >= 15 is 0 Å². The lowest BCUT2D eigenvalue weighted by Crippen LogP contribution is -2.52. The van der Waals surface area contributed by atoms with Gasteiger partial charge in [-0.3, -0.25) is 4.55 Å². The molecule has 1 fully saturated rings. The van der Waals surface area contributed by atoms with Gasteiger partial charge in [-0.2, -0.15) is 30.4 Å². The lowest BCUT2D eigenvalue weighted by Gasteiger charge is -2.26. The maximum Gasteiger partial charge on any atom is 0.432 e. The molecule has 0 saturated carbocycles. The maximum absolute atomic E-state index is 13.4. The highest BCUT2D eigenvalue weighted by molar-refractivity contribution is 7.86. The fraction of sp³-hybridized carbons (Fsp3) is 0.500. The van der Waals surface area contributed by atoms with Crippen molar-refractivity contribution in [3.63, 3.8) is 0 Å². The fourth-order valence-electron chi connectivity index (χ4n) is 2.21. The third kappa shape index (κ3) is 3.81. The molecule has 0 spiro atoms. The number of alkyl halides is 5. The van der Waals surface area contributed by atoms with Crippen LogP contribution in [0.15, 0.2) is 24.3 Å². The van der Waals surface area contributed by atoms with Crippen molar-refractivity contribution in [1.29, 1.82) is 0 Å². The van der Waals surface area contributed by atoms with Crippen molar-refractivity contribution in [2.24, 2.45) is 0 Å². The molecule has 0 aromatic heterocycles. The normalized spacial score (nSPS) is 22.0. The highest BCUT2D eigenvalue weighted by atomic mass is 32.2. The molecular formula is C14H13F5O6S. The summed E-state index contributed by atoms with van der Waals surface area (Å²) in [7, 11) is -6.48. The molecule has 0 amide bonds. The van der Waals surface area contributed by atoms with Gasteiger partial charge in [-0.1, -0.05) is 19.1 Å². The second-order valence-electron chi connectivity index (χ2n) is 5.58. The molecule has 0 radical (unpaired) electrons. The van der Waals surface area contributed by atoms with Crippen molar-refractivity contribution in [1.82, 2.24) is 0 Å². The number of hydrogen-bond donors (Lipinski definition) is 1. The molecule has 0 aliphatic carbocycles. The Balaban J connectivity index is 2.25. The summed E-state index contributed by atoms with van der Waals surface area (Å²) < 4.78 is 103. The van der Waals surface area contributed by atoms with Crippen LogP contribution in [0.3, 0.4) is 0 Å². The number of benzene rings is 1. The second kappa shape index (κ2) is 6.43. The maximum atomic E-state index is 13.4. The van der Waals surface area contributed by atoms with Crippen molar-refractivity contribution >= 4 is 16.1 Å². The van der Waals surface area contributed by atoms with Gasteiger partial charge in [0, 0.05) is 0 Å². The van der Waals surface area contributed by atoms with Gasteiger partial charge < -0.3 is 9.47 Å². The highest BCUT2D eigenvalue weighted by Gasteiger charge is 2.66. The zero-order valence-electron chi connectivity index (χ0n) is 13.1. The quantitative estimate of drug-likeness (QED) is 0.339. The van der Waals surface area contributed by atoms with Crippen LogP contribution in [0, 0.1) is 0 Å². The van der Waals surface area contributed by atoms with E-state index in [1.165, 1.54) is 12.1 Å². The lowest BCUT2D eigenvalue weighted by atomic mass is 9.96. The number of esters is 1. The molecule has 1 aromatic rings. The predicted molar refractivity (Wildman–Crippen MR) is 76.1 cm³/mol. The predicted octanol–water partition coefficient (Wildman–Crippen LogP) is 2.89. The number of ether oxygens (including phenoxy) is 2. The number of carbonyl (C=O) groups is 1. The van der Waals surface area contributed by atoms with Gasteiger partial charge in [-0.05, 0) is 24.1 Å². The van der Waals surface area contributed by atoms with Gasteiger partial charge in [0.25, 0.3) is 6.10 Å². The number of hydrogen-bond acceptors (Lipinski definition) is 5. The third-order valence-electron chi connectivity index (χ3n) is 3.88. The first-order valence-electron chi connectivity index (χ1n) is 7.11. The molecule has 0 bridgehead atoms. The van der Waals surface area contributed by atoms with Gasteiger partial charge >= 0.3 is 27.5 Å². The Morgan fingerprint density at radius 3 is 2.12 bits per heavy atom. The standard InChI is InChI=1S/C14H13F5O6S/c1-2-12(7-24-12)9-5-3-8(4-6-9)10(20)25-11(13(15,16)17)14(18,19)26(21,22)23/h3-6,11H,2,7H2,1H3,(H,21,22,23). The molecule has 26 heavy (non-hydrogen) atoms. The number of rotatable bonds is 6. The minimum atomic E-state index is -6.48. The second-order valence-corrected chi connectivity index (χ2v) is 7.07. The van der Waals surface area contributed by atoms with E-state index in [0.29, 0.717) is 18.6 Å². The summed E-state index contributed by atoms with van der Waals surface area (Å²) in [6, 6.07) is 4.79. The minimum Gasteiger partial charge on any atom is -0.441 e. The van der Waals surface area contributed by atoms with Crippen molar-refractivity contribution in [2.45, 2.75) is 36.5 Å². The lowest BCUT2D eigenvalue weighted by molar-refractivity contribution is -0.248. The average Bonchev–Trinajstić information content (AvgIpc) is 3.31. The third-order valence-corrected chi connectivity index (χ3v) is 4.78. The Morgan fingerprint density at radius 1 is 1.27 bits per heavy atom. The van der Waals surface area contributed by atoms with E-state index < -0.39 is 44.8 Å². The zero-order valence-corrected chi connectivity index (χ0v) is 13.9. The van der Waals surface area contributed by atoms with E-state index in [0.717, 1.165) is 12.1 Å². The number of halogens is 5. The first-order valence-corrected chi connectivity index (χ1v) is 8.55. The van der Waals surface area contributed by atoms with Crippen molar-refractivity contribution in [3.05, 3.63) is 35.4 Å². The zero-order chi connectivity index (χ0) is 20.0. The van der Waals surface area contributed by atoms with Crippen LogP contribution in [-0.2, 0) is 25.2 Å². The van der Waals surface area contributed by atoms with Crippen LogP contribution >= 0.6 is 0 Å². The summed E-state index contributed by atoms with van der Waals surface area (Å²) in [5, 5.41) is -5.77. The summed E-state index contributed by atoms with van der Waals surface area (Å²) >= 11 is 0. The van der Waals surface area contributed by atoms with Gasteiger partial charge in [0.15, 0.2) is 0 Å². The van der Waals surface area contributed by atoms with Crippen LogP contribution < -0.4 is 0 Å². The molecule has 1 aliphatic heterocycles.